The van der Waals surface area contributed by atoms with Crippen LogP contribution in [0.1, 0.15) is 42.7 Å². The molecule has 0 aliphatic heterocycles. The van der Waals surface area contributed by atoms with Gasteiger partial charge in [0.2, 0.25) is 0 Å². The summed E-state index contributed by atoms with van der Waals surface area (Å²) in [6.07, 6.45) is -3.93. The summed E-state index contributed by atoms with van der Waals surface area (Å²) in [6.45, 7) is 4.73. The lowest BCUT2D eigenvalue weighted by molar-refractivity contribution is -0.135. The van der Waals surface area contributed by atoms with Gasteiger partial charge in [0, 0.05) is 17.3 Å². The van der Waals surface area contributed by atoms with Crippen LogP contribution < -0.4 is 5.32 Å². The molecule has 1 aromatic rings. The Bertz CT molecular complexity index is 333. The molecular weight excluding hydrogens is 247 g/mol. The van der Waals surface area contributed by atoms with E-state index in [1.165, 1.54) is 10.4 Å². The van der Waals surface area contributed by atoms with Crippen molar-refractivity contribution in [3.8, 4) is 0 Å². The third kappa shape index (κ3) is 5.55. The van der Waals surface area contributed by atoms with E-state index in [4.69, 9.17) is 0 Å². The Morgan fingerprint density at radius 1 is 1.35 bits per heavy atom. The van der Waals surface area contributed by atoms with Crippen molar-refractivity contribution in [1.82, 2.24) is 5.32 Å². The Labute approximate surface area is 104 Å². The molecule has 0 radical (unpaired) electrons. The van der Waals surface area contributed by atoms with E-state index < -0.39 is 12.6 Å². The minimum atomic E-state index is -4.02. The maximum atomic E-state index is 11.9. The molecule has 1 nitrogen and oxygen atoms in total. The van der Waals surface area contributed by atoms with Crippen molar-refractivity contribution in [2.75, 3.05) is 6.54 Å². The van der Waals surface area contributed by atoms with Crippen LogP contribution in [0.25, 0.3) is 0 Å². The number of hydrogen-bond acceptors (Lipinski definition) is 2. The largest absolute Gasteiger partial charge is 0.389 e. The zero-order chi connectivity index (χ0) is 12.9. The van der Waals surface area contributed by atoms with Crippen molar-refractivity contribution in [2.24, 2.45) is 0 Å². The van der Waals surface area contributed by atoms with Gasteiger partial charge in [-0.15, -0.1) is 11.3 Å². The lowest BCUT2D eigenvalue weighted by Gasteiger charge is -2.13. The predicted octanol–water partition coefficient (Wildman–Crippen LogP) is 4.44. The van der Waals surface area contributed by atoms with E-state index in [1.54, 1.807) is 11.3 Å². The van der Waals surface area contributed by atoms with Crippen molar-refractivity contribution in [2.45, 2.75) is 45.3 Å². The van der Waals surface area contributed by atoms with Gasteiger partial charge in [0.15, 0.2) is 0 Å². The monoisotopic (exact) mass is 265 g/mol. The van der Waals surface area contributed by atoms with Gasteiger partial charge in [0.1, 0.15) is 0 Å². The van der Waals surface area contributed by atoms with Crippen LogP contribution in [0.5, 0.6) is 0 Å². The highest BCUT2D eigenvalue weighted by atomic mass is 32.1. The van der Waals surface area contributed by atoms with Crippen LogP contribution in [0.4, 0.5) is 13.2 Å². The molecule has 0 aromatic carbocycles. The molecule has 0 aliphatic rings. The Hall–Kier alpha value is -0.550. The van der Waals surface area contributed by atoms with Gasteiger partial charge in [-0.3, -0.25) is 0 Å². The SMILES string of the molecule is Cc1ccsc1C(C)NCCCCC(F)(F)F. The van der Waals surface area contributed by atoms with E-state index in [-0.39, 0.29) is 12.5 Å². The fourth-order valence-corrected chi connectivity index (χ4v) is 2.65. The summed E-state index contributed by atoms with van der Waals surface area (Å²) in [5, 5.41) is 5.29. The van der Waals surface area contributed by atoms with E-state index in [0.717, 1.165) is 0 Å². The highest BCUT2D eigenvalue weighted by Crippen LogP contribution is 2.24. The zero-order valence-electron chi connectivity index (χ0n) is 10.1. The molecule has 0 aliphatic carbocycles. The molecule has 1 unspecified atom stereocenters. The summed E-state index contributed by atoms with van der Waals surface area (Å²) in [7, 11) is 0. The first-order valence-electron chi connectivity index (χ1n) is 5.74. The Morgan fingerprint density at radius 2 is 2.06 bits per heavy atom. The smallest absolute Gasteiger partial charge is 0.309 e. The molecule has 0 fully saturated rings. The molecule has 1 atom stereocenters. The number of thiophene rings is 1. The summed E-state index contributed by atoms with van der Waals surface area (Å²) in [5.74, 6) is 0. The first-order valence-corrected chi connectivity index (χ1v) is 6.62. The summed E-state index contributed by atoms with van der Waals surface area (Å²) in [6, 6.07) is 2.28. The fraction of sp³-hybridized carbons (Fsp3) is 0.667. The maximum absolute atomic E-state index is 11.9. The summed E-state index contributed by atoms with van der Waals surface area (Å²) >= 11 is 1.68. The summed E-state index contributed by atoms with van der Waals surface area (Å²) in [4.78, 5) is 1.26. The van der Waals surface area contributed by atoms with Gasteiger partial charge in [-0.05, 0) is 50.2 Å². The number of unbranched alkanes of at least 4 members (excludes halogenated alkanes) is 1. The van der Waals surface area contributed by atoms with Crippen LogP contribution in [0.3, 0.4) is 0 Å². The lowest BCUT2D eigenvalue weighted by Crippen LogP contribution is -2.20. The highest BCUT2D eigenvalue weighted by molar-refractivity contribution is 7.10. The molecular formula is C12H18F3NS. The van der Waals surface area contributed by atoms with Crippen LogP contribution in [-0.2, 0) is 0 Å². The molecule has 0 bridgehead atoms. The van der Waals surface area contributed by atoms with Crippen LogP contribution in [-0.4, -0.2) is 12.7 Å². The number of rotatable bonds is 6. The molecule has 0 amide bonds. The van der Waals surface area contributed by atoms with E-state index in [0.29, 0.717) is 13.0 Å². The topological polar surface area (TPSA) is 12.0 Å². The van der Waals surface area contributed by atoms with Gasteiger partial charge < -0.3 is 5.32 Å². The molecule has 98 valence electrons. The number of halogens is 3. The second kappa shape index (κ2) is 6.40. The maximum Gasteiger partial charge on any atom is 0.389 e. The van der Waals surface area contributed by atoms with E-state index >= 15 is 0 Å². The predicted molar refractivity (Wildman–Crippen MR) is 65.4 cm³/mol. The fourth-order valence-electron chi connectivity index (χ4n) is 1.69. The van der Waals surface area contributed by atoms with E-state index in [9.17, 15) is 13.2 Å². The average Bonchev–Trinajstić information content (AvgIpc) is 2.62. The number of nitrogens with one attached hydrogen (secondary N) is 1. The second-order valence-electron chi connectivity index (χ2n) is 4.22. The molecule has 1 rings (SSSR count). The summed E-state index contributed by atoms with van der Waals surface area (Å²) in [5.41, 5.74) is 1.24. The van der Waals surface area contributed by atoms with Crippen molar-refractivity contribution < 1.29 is 13.2 Å². The highest BCUT2D eigenvalue weighted by Gasteiger charge is 2.25. The molecule has 5 heteroatoms. The van der Waals surface area contributed by atoms with Gasteiger partial charge in [-0.1, -0.05) is 0 Å². The standard InChI is InChI=1S/C12H18F3NS/c1-9-5-8-17-11(9)10(2)16-7-4-3-6-12(13,14)15/h5,8,10,16H,3-4,6-7H2,1-2H3. The van der Waals surface area contributed by atoms with Gasteiger partial charge in [0.25, 0.3) is 0 Å². The lowest BCUT2D eigenvalue weighted by atomic mass is 10.2. The minimum Gasteiger partial charge on any atom is -0.309 e. The summed E-state index contributed by atoms with van der Waals surface area (Å²) < 4.78 is 35.7. The molecule has 1 N–H and O–H groups in total. The van der Waals surface area contributed by atoms with Crippen molar-refractivity contribution in [1.29, 1.82) is 0 Å². The van der Waals surface area contributed by atoms with Crippen LogP contribution >= 0.6 is 11.3 Å². The van der Waals surface area contributed by atoms with Gasteiger partial charge in [0.05, 0.1) is 0 Å². The molecule has 0 spiro atoms. The quantitative estimate of drug-likeness (QED) is 0.750. The molecule has 1 heterocycles. The number of alkyl halides is 3. The molecule has 17 heavy (non-hydrogen) atoms. The minimum absolute atomic E-state index is 0.201. The zero-order valence-corrected chi connectivity index (χ0v) is 10.9. The van der Waals surface area contributed by atoms with Gasteiger partial charge in [-0.25, -0.2) is 0 Å². The third-order valence-corrected chi connectivity index (χ3v) is 3.83. The van der Waals surface area contributed by atoms with Gasteiger partial charge in [-0.2, -0.15) is 13.2 Å². The first kappa shape index (κ1) is 14.5. The third-order valence-electron chi connectivity index (χ3n) is 2.63. The molecule has 0 saturated heterocycles. The Balaban J connectivity index is 2.17. The van der Waals surface area contributed by atoms with Crippen LogP contribution in [0, 0.1) is 6.92 Å². The van der Waals surface area contributed by atoms with Crippen LogP contribution in [0.2, 0.25) is 0 Å². The van der Waals surface area contributed by atoms with Crippen molar-refractivity contribution in [3.63, 3.8) is 0 Å². The van der Waals surface area contributed by atoms with E-state index in [1.807, 2.05) is 19.2 Å². The second-order valence-corrected chi connectivity index (χ2v) is 5.16. The van der Waals surface area contributed by atoms with Crippen molar-refractivity contribution in [3.05, 3.63) is 21.9 Å². The normalized spacial score (nSPS) is 13.9. The van der Waals surface area contributed by atoms with E-state index in [2.05, 4.69) is 11.4 Å². The Morgan fingerprint density at radius 3 is 2.59 bits per heavy atom. The first-order chi connectivity index (χ1) is 7.90. The van der Waals surface area contributed by atoms with Gasteiger partial charge >= 0.3 is 6.18 Å². The Kier molecular flexibility index (Phi) is 5.46. The average molecular weight is 265 g/mol. The number of hydrogen-bond donors (Lipinski definition) is 1. The molecule has 0 saturated carbocycles. The molecule has 1 aromatic heterocycles. The van der Waals surface area contributed by atoms with Crippen molar-refractivity contribution >= 4 is 11.3 Å². The number of aryl methyl sites for hydroxylation is 1. The van der Waals surface area contributed by atoms with Crippen LogP contribution in [0.15, 0.2) is 11.4 Å².